The predicted molar refractivity (Wildman–Crippen MR) is 85.0 cm³/mol. The van der Waals surface area contributed by atoms with E-state index in [0.29, 0.717) is 22.6 Å². The molecule has 2 heterocycles. The standard InChI is InChI=1S/C16H12Cl2F3NO2/c1-23-13-5-10-12(6-22-13)24-7-9(16(19,20)21)4-8-2-3-11(17)15(18)14(8)10/h2-3,5-6,9H,4,7H2,1H3. The summed E-state index contributed by atoms with van der Waals surface area (Å²) < 4.78 is 50.2. The molecular weight excluding hydrogens is 366 g/mol. The van der Waals surface area contributed by atoms with Crippen molar-refractivity contribution in [3.63, 3.8) is 0 Å². The van der Waals surface area contributed by atoms with Gasteiger partial charge in [0.25, 0.3) is 0 Å². The molecule has 3 rings (SSSR count). The number of pyridine rings is 1. The van der Waals surface area contributed by atoms with Gasteiger partial charge in [-0.05, 0) is 18.1 Å². The van der Waals surface area contributed by atoms with Gasteiger partial charge < -0.3 is 9.47 Å². The molecule has 0 N–H and O–H groups in total. The zero-order valence-electron chi connectivity index (χ0n) is 12.5. The van der Waals surface area contributed by atoms with Crippen LogP contribution >= 0.6 is 23.2 Å². The first-order chi connectivity index (χ1) is 11.3. The molecule has 0 radical (unpaired) electrons. The molecule has 0 aliphatic carbocycles. The lowest BCUT2D eigenvalue weighted by Gasteiger charge is -2.26. The van der Waals surface area contributed by atoms with Gasteiger partial charge in [0, 0.05) is 17.2 Å². The normalized spacial score (nSPS) is 17.2. The molecule has 1 unspecified atom stereocenters. The number of methoxy groups -OCH3 is 1. The van der Waals surface area contributed by atoms with Crippen molar-refractivity contribution in [3.8, 4) is 22.8 Å². The van der Waals surface area contributed by atoms with Gasteiger partial charge in [0.2, 0.25) is 5.88 Å². The van der Waals surface area contributed by atoms with Crippen molar-refractivity contribution < 1.29 is 22.6 Å². The van der Waals surface area contributed by atoms with Crippen molar-refractivity contribution in [1.82, 2.24) is 4.98 Å². The van der Waals surface area contributed by atoms with Gasteiger partial charge in [0.05, 0.1) is 29.3 Å². The van der Waals surface area contributed by atoms with E-state index in [1.807, 2.05) is 0 Å². The van der Waals surface area contributed by atoms with Crippen LogP contribution in [0.1, 0.15) is 5.56 Å². The molecule has 1 aliphatic heterocycles. The second-order valence-corrected chi connectivity index (χ2v) is 6.16. The Morgan fingerprint density at radius 3 is 2.71 bits per heavy atom. The molecule has 2 aromatic rings. The smallest absolute Gasteiger partial charge is 0.395 e. The van der Waals surface area contributed by atoms with Crippen molar-refractivity contribution in [2.24, 2.45) is 5.92 Å². The maximum absolute atomic E-state index is 13.2. The lowest BCUT2D eigenvalue weighted by Crippen LogP contribution is -2.31. The number of benzene rings is 1. The van der Waals surface area contributed by atoms with Crippen molar-refractivity contribution in [3.05, 3.63) is 40.0 Å². The Balaban J connectivity index is 2.23. The number of hydrogen-bond donors (Lipinski definition) is 0. The van der Waals surface area contributed by atoms with E-state index in [1.165, 1.54) is 19.4 Å². The Morgan fingerprint density at radius 2 is 2.04 bits per heavy atom. The molecule has 8 heteroatoms. The number of fused-ring (bicyclic) bond motifs is 3. The van der Waals surface area contributed by atoms with Crippen LogP contribution in [0.25, 0.3) is 11.1 Å². The highest BCUT2D eigenvalue weighted by Crippen LogP contribution is 2.45. The number of aromatic nitrogens is 1. The highest BCUT2D eigenvalue weighted by Gasteiger charge is 2.41. The molecule has 0 fully saturated rings. The molecule has 1 atom stereocenters. The molecule has 24 heavy (non-hydrogen) atoms. The van der Waals surface area contributed by atoms with Crippen LogP contribution in [0.15, 0.2) is 24.4 Å². The molecular formula is C16H12Cl2F3NO2. The van der Waals surface area contributed by atoms with Gasteiger partial charge in [-0.2, -0.15) is 13.2 Å². The van der Waals surface area contributed by atoms with E-state index in [0.717, 1.165) is 0 Å². The molecule has 0 amide bonds. The second kappa shape index (κ2) is 6.33. The zero-order chi connectivity index (χ0) is 17.5. The summed E-state index contributed by atoms with van der Waals surface area (Å²) >= 11 is 12.4. The average Bonchev–Trinajstić information content (AvgIpc) is 2.51. The summed E-state index contributed by atoms with van der Waals surface area (Å²) in [5.74, 6) is -1.15. The lowest BCUT2D eigenvalue weighted by atomic mass is 9.91. The molecule has 0 bridgehead atoms. The molecule has 1 aromatic carbocycles. The Bertz CT molecular complexity index is 781. The largest absolute Gasteiger partial charge is 0.491 e. The van der Waals surface area contributed by atoms with Crippen LogP contribution in [0.5, 0.6) is 11.6 Å². The van der Waals surface area contributed by atoms with Crippen molar-refractivity contribution in [2.75, 3.05) is 13.7 Å². The fraction of sp³-hybridized carbons (Fsp3) is 0.312. The third-order valence-corrected chi connectivity index (χ3v) is 4.68. The van der Waals surface area contributed by atoms with Crippen LogP contribution in [0, 0.1) is 5.92 Å². The van der Waals surface area contributed by atoms with Gasteiger partial charge in [-0.25, -0.2) is 4.98 Å². The maximum Gasteiger partial charge on any atom is 0.395 e. The zero-order valence-corrected chi connectivity index (χ0v) is 14.0. The summed E-state index contributed by atoms with van der Waals surface area (Å²) in [6, 6.07) is 4.63. The molecule has 0 spiro atoms. The number of rotatable bonds is 1. The maximum atomic E-state index is 13.2. The number of hydrogen-bond acceptors (Lipinski definition) is 3. The van der Waals surface area contributed by atoms with Crippen molar-refractivity contribution >= 4 is 23.2 Å². The van der Waals surface area contributed by atoms with Crippen molar-refractivity contribution in [2.45, 2.75) is 12.6 Å². The first kappa shape index (κ1) is 17.2. The molecule has 128 valence electrons. The van der Waals surface area contributed by atoms with E-state index in [2.05, 4.69) is 4.98 Å². The van der Waals surface area contributed by atoms with E-state index in [1.54, 1.807) is 12.1 Å². The predicted octanol–water partition coefficient (Wildman–Crippen LogP) is 5.18. The molecule has 1 aliphatic rings. The monoisotopic (exact) mass is 377 g/mol. The summed E-state index contributed by atoms with van der Waals surface area (Å²) in [7, 11) is 1.44. The molecule has 0 saturated carbocycles. The third-order valence-electron chi connectivity index (χ3n) is 3.87. The Hall–Kier alpha value is -1.66. The van der Waals surface area contributed by atoms with E-state index < -0.39 is 18.7 Å². The second-order valence-electron chi connectivity index (χ2n) is 5.37. The Labute approximate surface area is 146 Å². The molecule has 1 aromatic heterocycles. The number of nitrogens with zero attached hydrogens (tertiary/aromatic N) is 1. The minimum atomic E-state index is -4.39. The Kier molecular flexibility index (Phi) is 4.53. The minimum absolute atomic E-state index is 0.176. The number of ether oxygens (including phenoxy) is 2. The molecule has 3 nitrogen and oxygen atoms in total. The highest BCUT2D eigenvalue weighted by atomic mass is 35.5. The van der Waals surface area contributed by atoms with Crippen LogP contribution in [0.4, 0.5) is 13.2 Å². The summed E-state index contributed by atoms with van der Waals surface area (Å²) in [6.07, 6.45) is -3.31. The van der Waals surface area contributed by atoms with E-state index in [9.17, 15) is 13.2 Å². The van der Waals surface area contributed by atoms with Gasteiger partial charge in [-0.15, -0.1) is 0 Å². The average molecular weight is 378 g/mol. The van der Waals surface area contributed by atoms with E-state index in [4.69, 9.17) is 32.7 Å². The fourth-order valence-corrected chi connectivity index (χ4v) is 3.07. The fourth-order valence-electron chi connectivity index (χ4n) is 2.62. The first-order valence-electron chi connectivity index (χ1n) is 7.02. The molecule has 0 saturated heterocycles. The quantitative estimate of drug-likeness (QED) is 0.686. The number of halogens is 5. The SMILES string of the molecule is COc1cc2c(cn1)OCC(C(F)(F)F)Cc1ccc(Cl)c(Cl)c1-2. The van der Waals surface area contributed by atoms with Crippen LogP contribution < -0.4 is 9.47 Å². The van der Waals surface area contributed by atoms with Gasteiger partial charge in [0.1, 0.15) is 12.4 Å². The van der Waals surface area contributed by atoms with Crippen LogP contribution in [0.2, 0.25) is 10.0 Å². The number of alkyl halides is 3. The van der Waals surface area contributed by atoms with Crippen LogP contribution in [-0.4, -0.2) is 24.9 Å². The topological polar surface area (TPSA) is 31.4 Å². The summed E-state index contributed by atoms with van der Waals surface area (Å²) in [4.78, 5) is 3.99. The van der Waals surface area contributed by atoms with Gasteiger partial charge in [-0.3, -0.25) is 0 Å². The van der Waals surface area contributed by atoms with Crippen LogP contribution in [0.3, 0.4) is 0 Å². The summed E-state index contributed by atoms with van der Waals surface area (Å²) in [6.45, 7) is -0.496. The third kappa shape index (κ3) is 3.13. The van der Waals surface area contributed by atoms with Gasteiger partial charge >= 0.3 is 6.18 Å². The van der Waals surface area contributed by atoms with E-state index >= 15 is 0 Å². The summed E-state index contributed by atoms with van der Waals surface area (Å²) in [5.41, 5.74) is 1.36. The minimum Gasteiger partial charge on any atom is -0.491 e. The van der Waals surface area contributed by atoms with E-state index in [-0.39, 0.29) is 22.2 Å². The summed E-state index contributed by atoms with van der Waals surface area (Å²) in [5, 5.41) is 0.427. The van der Waals surface area contributed by atoms with Gasteiger partial charge in [-0.1, -0.05) is 29.3 Å². The van der Waals surface area contributed by atoms with Crippen molar-refractivity contribution in [1.29, 1.82) is 0 Å². The lowest BCUT2D eigenvalue weighted by molar-refractivity contribution is -0.181. The van der Waals surface area contributed by atoms with Crippen LogP contribution in [-0.2, 0) is 6.42 Å². The Morgan fingerprint density at radius 1 is 1.29 bits per heavy atom. The van der Waals surface area contributed by atoms with Gasteiger partial charge in [0.15, 0.2) is 0 Å². The first-order valence-corrected chi connectivity index (χ1v) is 7.77. The highest BCUT2D eigenvalue weighted by molar-refractivity contribution is 6.44.